The SMILES string of the molecule is COC(=O)NCCO[C@@H](c1cc(F)cc(Cl)c1)[C@@H]1CCCN(C(=O)NC[C@@H](N)C[C@H]2CCCOC2)C1. The second-order valence-corrected chi connectivity index (χ2v) is 9.96. The van der Waals surface area contributed by atoms with E-state index in [4.69, 9.17) is 26.8 Å². The van der Waals surface area contributed by atoms with Gasteiger partial charge in [0.05, 0.1) is 19.8 Å². The van der Waals surface area contributed by atoms with Crippen LogP contribution in [0.5, 0.6) is 0 Å². The summed E-state index contributed by atoms with van der Waals surface area (Å²) >= 11 is 6.11. The predicted octanol–water partition coefficient (Wildman–Crippen LogP) is 3.46. The van der Waals surface area contributed by atoms with E-state index in [1.165, 1.54) is 19.2 Å². The van der Waals surface area contributed by atoms with Crippen molar-refractivity contribution in [1.29, 1.82) is 0 Å². The zero-order valence-corrected chi connectivity index (χ0v) is 21.6. The molecule has 0 aliphatic carbocycles. The van der Waals surface area contributed by atoms with Crippen LogP contribution < -0.4 is 16.4 Å². The maximum absolute atomic E-state index is 14.1. The molecule has 0 aromatic heterocycles. The summed E-state index contributed by atoms with van der Waals surface area (Å²) < 4.78 is 30.3. The first kappa shape index (κ1) is 28.4. The average Bonchev–Trinajstić information content (AvgIpc) is 2.87. The van der Waals surface area contributed by atoms with Crippen LogP contribution in [-0.2, 0) is 14.2 Å². The molecule has 0 spiro atoms. The van der Waals surface area contributed by atoms with Crippen molar-refractivity contribution in [3.8, 4) is 0 Å². The molecule has 3 amide bonds. The number of benzene rings is 1. The summed E-state index contributed by atoms with van der Waals surface area (Å²) in [6, 6.07) is 4.02. The molecule has 0 unspecified atom stereocenters. The summed E-state index contributed by atoms with van der Waals surface area (Å²) in [5.74, 6) is -0.0928. The number of rotatable bonds is 10. The van der Waals surface area contributed by atoms with Gasteiger partial charge in [0.2, 0.25) is 0 Å². The summed E-state index contributed by atoms with van der Waals surface area (Å²) in [6.07, 6.45) is 3.51. The van der Waals surface area contributed by atoms with Gasteiger partial charge >= 0.3 is 12.1 Å². The summed E-state index contributed by atoms with van der Waals surface area (Å²) in [5.41, 5.74) is 6.87. The summed E-state index contributed by atoms with van der Waals surface area (Å²) in [6.45, 7) is 3.43. The highest BCUT2D eigenvalue weighted by Crippen LogP contribution is 2.34. The Morgan fingerprint density at radius 3 is 2.83 bits per heavy atom. The fourth-order valence-electron chi connectivity index (χ4n) is 4.93. The van der Waals surface area contributed by atoms with E-state index in [9.17, 15) is 14.0 Å². The highest BCUT2D eigenvalue weighted by molar-refractivity contribution is 6.30. The quantitative estimate of drug-likeness (QED) is 0.401. The predicted molar refractivity (Wildman–Crippen MR) is 134 cm³/mol. The highest BCUT2D eigenvalue weighted by atomic mass is 35.5. The van der Waals surface area contributed by atoms with Gasteiger partial charge in [-0.25, -0.2) is 14.0 Å². The van der Waals surface area contributed by atoms with Crippen LogP contribution in [-0.4, -0.2) is 76.2 Å². The molecule has 0 saturated carbocycles. The zero-order valence-electron chi connectivity index (χ0n) is 20.8. The van der Waals surface area contributed by atoms with E-state index in [0.29, 0.717) is 31.1 Å². The van der Waals surface area contributed by atoms with Gasteiger partial charge in [0.1, 0.15) is 5.82 Å². The Balaban J connectivity index is 1.57. The lowest BCUT2D eigenvalue weighted by molar-refractivity contribution is -0.00865. The van der Waals surface area contributed by atoms with Crippen LogP contribution in [0.15, 0.2) is 18.2 Å². The second kappa shape index (κ2) is 14.6. The van der Waals surface area contributed by atoms with Crippen LogP contribution in [0.3, 0.4) is 0 Å². The Hall–Kier alpha value is -2.14. The third-order valence-electron chi connectivity index (χ3n) is 6.65. The van der Waals surface area contributed by atoms with Crippen LogP contribution in [0.1, 0.15) is 43.8 Å². The summed E-state index contributed by atoms with van der Waals surface area (Å²) in [7, 11) is 1.28. The molecule has 4 atom stereocenters. The molecular formula is C25H38ClFN4O5. The molecule has 9 nitrogen and oxygen atoms in total. The van der Waals surface area contributed by atoms with Crippen LogP contribution in [0, 0.1) is 17.7 Å². The molecule has 2 heterocycles. The Morgan fingerprint density at radius 2 is 2.11 bits per heavy atom. The van der Waals surface area contributed by atoms with E-state index in [0.717, 1.165) is 45.3 Å². The zero-order chi connectivity index (χ0) is 25.9. The molecule has 1 aromatic carbocycles. The molecule has 0 radical (unpaired) electrons. The van der Waals surface area contributed by atoms with Gasteiger partial charge in [-0.15, -0.1) is 0 Å². The van der Waals surface area contributed by atoms with Gasteiger partial charge in [-0.3, -0.25) is 0 Å². The Bertz CT molecular complexity index is 837. The summed E-state index contributed by atoms with van der Waals surface area (Å²) in [4.78, 5) is 26.0. The van der Waals surface area contributed by atoms with Crippen LogP contribution in [0.25, 0.3) is 0 Å². The van der Waals surface area contributed by atoms with Gasteiger partial charge in [-0.2, -0.15) is 0 Å². The fraction of sp³-hybridized carbons (Fsp3) is 0.680. The number of nitrogens with one attached hydrogen (secondary N) is 2. The third-order valence-corrected chi connectivity index (χ3v) is 6.87. The topological polar surface area (TPSA) is 115 Å². The minimum absolute atomic E-state index is 0.0754. The average molecular weight is 529 g/mol. The number of hydrogen-bond acceptors (Lipinski definition) is 6. The Morgan fingerprint density at radius 1 is 1.28 bits per heavy atom. The largest absolute Gasteiger partial charge is 0.453 e. The van der Waals surface area contributed by atoms with Crippen LogP contribution in [0.2, 0.25) is 5.02 Å². The van der Waals surface area contributed by atoms with E-state index < -0.39 is 18.0 Å². The molecule has 36 heavy (non-hydrogen) atoms. The first-order valence-corrected chi connectivity index (χ1v) is 13.0. The van der Waals surface area contributed by atoms with E-state index in [1.807, 2.05) is 0 Å². The maximum atomic E-state index is 14.1. The number of likely N-dealkylation sites (tertiary alicyclic amines) is 1. The van der Waals surface area contributed by atoms with Crippen molar-refractivity contribution in [2.24, 2.45) is 17.6 Å². The third kappa shape index (κ3) is 9.06. The van der Waals surface area contributed by atoms with Crippen LogP contribution in [0.4, 0.5) is 14.0 Å². The molecule has 202 valence electrons. The number of amides is 3. The first-order chi connectivity index (χ1) is 17.4. The number of methoxy groups -OCH3 is 1. The number of nitrogens with two attached hydrogens (primary N) is 1. The second-order valence-electron chi connectivity index (χ2n) is 9.53. The fourth-order valence-corrected chi connectivity index (χ4v) is 5.16. The molecule has 1 aromatic rings. The Kier molecular flexibility index (Phi) is 11.5. The van der Waals surface area contributed by atoms with E-state index in [-0.39, 0.29) is 36.2 Å². The number of halogens is 2. The highest BCUT2D eigenvalue weighted by Gasteiger charge is 2.32. The lowest BCUT2D eigenvalue weighted by Crippen LogP contribution is -2.49. The van der Waals surface area contributed by atoms with Crippen molar-refractivity contribution in [3.05, 3.63) is 34.6 Å². The molecule has 3 rings (SSSR count). The summed E-state index contributed by atoms with van der Waals surface area (Å²) in [5, 5.41) is 5.81. The molecule has 11 heteroatoms. The minimum atomic E-state index is -0.557. The molecule has 2 aliphatic heterocycles. The number of nitrogens with zero attached hydrogens (tertiary/aromatic N) is 1. The molecule has 2 aliphatic rings. The van der Waals surface area contributed by atoms with E-state index in [2.05, 4.69) is 15.4 Å². The molecule has 0 bridgehead atoms. The van der Waals surface area contributed by atoms with Gasteiger partial charge in [-0.1, -0.05) is 11.6 Å². The molecule has 4 N–H and O–H groups in total. The number of carbonyl (C=O) groups is 2. The van der Waals surface area contributed by atoms with Gasteiger partial charge in [0, 0.05) is 56.4 Å². The monoisotopic (exact) mass is 528 g/mol. The van der Waals surface area contributed by atoms with Gasteiger partial charge in [-0.05, 0) is 61.8 Å². The number of urea groups is 1. The molecular weight excluding hydrogens is 491 g/mol. The van der Waals surface area contributed by atoms with Crippen molar-refractivity contribution >= 4 is 23.7 Å². The van der Waals surface area contributed by atoms with Gasteiger partial charge < -0.3 is 35.5 Å². The number of carbonyl (C=O) groups excluding carboxylic acids is 2. The van der Waals surface area contributed by atoms with Crippen molar-refractivity contribution in [3.63, 3.8) is 0 Å². The van der Waals surface area contributed by atoms with Crippen LogP contribution >= 0.6 is 11.6 Å². The number of alkyl carbamates (subject to hydrolysis) is 1. The standard InChI is InChI=1S/C25H38ClFN4O5/c1-34-25(33)29-6-9-36-23(19-11-20(26)13-21(27)12-19)18-5-2-7-31(15-18)24(32)30-14-22(28)10-17-4-3-8-35-16-17/h11-13,17-18,22-23H,2-10,14-16,28H2,1H3,(H,29,33)(H,30,32)/t17-,18-,22+,23-/m1/s1. The van der Waals surface area contributed by atoms with Gasteiger partial charge in [0.15, 0.2) is 0 Å². The van der Waals surface area contributed by atoms with Crippen molar-refractivity contribution < 1.29 is 28.2 Å². The minimum Gasteiger partial charge on any atom is -0.453 e. The van der Waals surface area contributed by atoms with Crippen molar-refractivity contribution in [1.82, 2.24) is 15.5 Å². The number of piperidine rings is 1. The molecule has 2 fully saturated rings. The normalized spacial score (nSPS) is 21.9. The van der Waals surface area contributed by atoms with E-state index in [1.54, 1.807) is 11.0 Å². The van der Waals surface area contributed by atoms with E-state index >= 15 is 0 Å². The van der Waals surface area contributed by atoms with Gasteiger partial charge in [0.25, 0.3) is 0 Å². The van der Waals surface area contributed by atoms with Crippen molar-refractivity contribution in [2.75, 3.05) is 53.1 Å². The molecule has 2 saturated heterocycles. The maximum Gasteiger partial charge on any atom is 0.406 e. The lowest BCUT2D eigenvalue weighted by atomic mass is 9.88. The Labute approximate surface area is 217 Å². The lowest BCUT2D eigenvalue weighted by Gasteiger charge is -2.37. The smallest absolute Gasteiger partial charge is 0.406 e. The number of ether oxygens (including phenoxy) is 3. The number of hydrogen-bond donors (Lipinski definition) is 3. The van der Waals surface area contributed by atoms with Crippen molar-refractivity contribution in [2.45, 2.75) is 44.2 Å². The first-order valence-electron chi connectivity index (χ1n) is 12.6.